The minimum Gasteiger partial charge on any atom is -0.503 e. The number of carbonyl (C=O) groups excluding carboxylic acids is 2. The number of ether oxygens (including phenoxy) is 3. The summed E-state index contributed by atoms with van der Waals surface area (Å²) < 4.78 is 16.6. The third-order valence-corrected chi connectivity index (χ3v) is 7.19. The van der Waals surface area contributed by atoms with Gasteiger partial charge in [0.15, 0.2) is 17.3 Å². The van der Waals surface area contributed by atoms with Gasteiger partial charge in [0.25, 0.3) is 0 Å². The Labute approximate surface area is 219 Å². The highest BCUT2D eigenvalue weighted by molar-refractivity contribution is 9.10. The summed E-state index contributed by atoms with van der Waals surface area (Å²) in [5, 5.41) is 13.7. The van der Waals surface area contributed by atoms with E-state index in [2.05, 4.69) is 21.2 Å². The second-order valence-electron chi connectivity index (χ2n) is 9.30. The molecule has 2 atom stereocenters. The van der Waals surface area contributed by atoms with Crippen LogP contribution in [0, 0.1) is 0 Å². The minimum atomic E-state index is -0.664. The summed E-state index contributed by atoms with van der Waals surface area (Å²) >= 11 is 3.38. The first-order valence-corrected chi connectivity index (χ1v) is 12.6. The molecule has 8 heteroatoms. The van der Waals surface area contributed by atoms with E-state index in [0.717, 1.165) is 17.0 Å². The number of rotatable bonds is 6. The molecule has 2 N–H and O–H groups in total. The van der Waals surface area contributed by atoms with Gasteiger partial charge >= 0.3 is 5.97 Å². The number of nitrogens with one attached hydrogen (secondary N) is 1. The van der Waals surface area contributed by atoms with Gasteiger partial charge in [0.05, 0.1) is 30.4 Å². The van der Waals surface area contributed by atoms with Crippen molar-refractivity contribution in [2.45, 2.75) is 51.6 Å². The van der Waals surface area contributed by atoms with Gasteiger partial charge in [-0.2, -0.15) is 0 Å². The van der Waals surface area contributed by atoms with Gasteiger partial charge in [-0.05, 0) is 84.4 Å². The van der Waals surface area contributed by atoms with Crippen molar-refractivity contribution < 1.29 is 28.9 Å². The number of phenolic OH excluding ortho intramolecular Hbond substituents is 1. The summed E-state index contributed by atoms with van der Waals surface area (Å²) in [5.74, 6) is -0.244. The van der Waals surface area contributed by atoms with Crippen LogP contribution in [0.1, 0.15) is 56.6 Å². The Bertz CT molecular complexity index is 1260. The highest BCUT2D eigenvalue weighted by atomic mass is 79.9. The average molecular weight is 556 g/mol. The number of hydrogen-bond donors (Lipinski definition) is 2. The van der Waals surface area contributed by atoms with Crippen molar-refractivity contribution in [3.8, 4) is 17.2 Å². The summed E-state index contributed by atoms with van der Waals surface area (Å²) in [5.41, 5.74) is 4.04. The van der Waals surface area contributed by atoms with Gasteiger partial charge in [0.2, 0.25) is 0 Å². The largest absolute Gasteiger partial charge is 0.503 e. The predicted octanol–water partition coefficient (Wildman–Crippen LogP) is 5.49. The van der Waals surface area contributed by atoms with E-state index >= 15 is 0 Å². The van der Waals surface area contributed by atoms with E-state index in [1.807, 2.05) is 31.2 Å². The first-order valence-electron chi connectivity index (χ1n) is 11.8. The van der Waals surface area contributed by atoms with Crippen molar-refractivity contribution in [2.75, 3.05) is 14.2 Å². The number of allylic oxidation sites excluding steroid dienone is 3. The van der Waals surface area contributed by atoms with Crippen molar-refractivity contribution in [3.05, 3.63) is 74.5 Å². The molecule has 0 aromatic heterocycles. The maximum atomic E-state index is 13.7. The number of Topliss-reactive ketones (excluding diaryl/α,β-unsaturated/α-hetero) is 1. The second kappa shape index (κ2) is 10.4. The number of benzene rings is 2. The lowest BCUT2D eigenvalue weighted by Gasteiger charge is -2.37. The lowest BCUT2D eigenvalue weighted by atomic mass is 9.71. The highest BCUT2D eigenvalue weighted by Crippen LogP contribution is 2.48. The maximum Gasteiger partial charge on any atom is 0.337 e. The second-order valence-corrected chi connectivity index (χ2v) is 10.2. The van der Waals surface area contributed by atoms with Crippen molar-refractivity contribution in [3.63, 3.8) is 0 Å². The summed E-state index contributed by atoms with van der Waals surface area (Å²) in [6.07, 6.45) is 0.603. The Hall–Kier alpha value is -3.26. The zero-order valence-corrected chi connectivity index (χ0v) is 22.6. The third-order valence-electron chi connectivity index (χ3n) is 6.58. The molecule has 1 aliphatic carbocycles. The van der Waals surface area contributed by atoms with Gasteiger partial charge in [0, 0.05) is 29.3 Å². The van der Waals surface area contributed by atoms with Crippen molar-refractivity contribution >= 4 is 27.7 Å². The van der Waals surface area contributed by atoms with Crippen LogP contribution < -0.4 is 14.8 Å². The molecule has 0 fully saturated rings. The fourth-order valence-corrected chi connectivity index (χ4v) is 5.41. The van der Waals surface area contributed by atoms with E-state index in [0.29, 0.717) is 39.7 Å². The molecule has 0 radical (unpaired) electrons. The number of dihydropyridines is 1. The molecule has 2 aromatic rings. The smallest absolute Gasteiger partial charge is 0.337 e. The van der Waals surface area contributed by atoms with Gasteiger partial charge in [-0.3, -0.25) is 4.79 Å². The van der Waals surface area contributed by atoms with Gasteiger partial charge < -0.3 is 24.6 Å². The van der Waals surface area contributed by atoms with Crippen molar-refractivity contribution in [1.29, 1.82) is 0 Å². The van der Waals surface area contributed by atoms with Gasteiger partial charge in [-0.15, -0.1) is 0 Å². The Morgan fingerprint density at radius 3 is 2.39 bits per heavy atom. The summed E-state index contributed by atoms with van der Waals surface area (Å²) in [4.78, 5) is 27.0. The van der Waals surface area contributed by atoms with Gasteiger partial charge in [-0.1, -0.05) is 12.1 Å². The van der Waals surface area contributed by atoms with Crippen LogP contribution in [0.2, 0.25) is 0 Å². The quantitative estimate of drug-likeness (QED) is 0.455. The number of hydrogen-bond acceptors (Lipinski definition) is 7. The average Bonchev–Trinajstić information content (AvgIpc) is 2.84. The third kappa shape index (κ3) is 4.87. The van der Waals surface area contributed by atoms with Gasteiger partial charge in [0.1, 0.15) is 5.75 Å². The summed E-state index contributed by atoms with van der Waals surface area (Å²) in [6, 6.07) is 11.1. The molecule has 0 saturated heterocycles. The topological polar surface area (TPSA) is 94.1 Å². The van der Waals surface area contributed by atoms with E-state index < -0.39 is 11.9 Å². The number of esters is 1. The Morgan fingerprint density at radius 1 is 1.08 bits per heavy atom. The van der Waals surface area contributed by atoms with Crippen LogP contribution in [0.3, 0.4) is 0 Å². The van der Waals surface area contributed by atoms with Crippen LogP contribution in [-0.2, 0) is 14.3 Å². The number of halogens is 1. The molecule has 0 amide bonds. The molecule has 1 heterocycles. The molecular formula is C28H30BrNO6. The van der Waals surface area contributed by atoms with E-state index in [-0.39, 0.29) is 29.3 Å². The molecule has 190 valence electrons. The molecule has 0 unspecified atom stereocenters. The monoisotopic (exact) mass is 555 g/mol. The zero-order valence-electron chi connectivity index (χ0n) is 21.0. The summed E-state index contributed by atoms with van der Waals surface area (Å²) in [6.45, 7) is 5.39. The highest BCUT2D eigenvalue weighted by Gasteiger charge is 2.42. The number of methoxy groups -OCH3 is 2. The minimum absolute atomic E-state index is 0.00615. The predicted molar refractivity (Wildman–Crippen MR) is 139 cm³/mol. The normalized spacial score (nSPS) is 19.7. The first kappa shape index (κ1) is 25.8. The van der Waals surface area contributed by atoms with E-state index in [1.165, 1.54) is 7.11 Å². The van der Waals surface area contributed by atoms with Crippen molar-refractivity contribution in [1.82, 2.24) is 5.32 Å². The zero-order chi connectivity index (χ0) is 26.1. The fraction of sp³-hybridized carbons (Fsp3) is 0.357. The molecular weight excluding hydrogens is 526 g/mol. The lowest BCUT2D eigenvalue weighted by molar-refractivity contribution is -0.143. The number of aromatic hydroxyl groups is 1. The molecule has 0 spiro atoms. The van der Waals surface area contributed by atoms with Crippen LogP contribution in [0.25, 0.3) is 0 Å². The van der Waals surface area contributed by atoms with Crippen molar-refractivity contribution in [2.24, 2.45) is 0 Å². The molecule has 0 saturated carbocycles. The lowest BCUT2D eigenvalue weighted by Crippen LogP contribution is -2.36. The number of phenols is 1. The number of carbonyl (C=O) groups is 2. The Balaban J connectivity index is 1.83. The first-order chi connectivity index (χ1) is 17.1. The molecule has 1 aliphatic heterocycles. The molecule has 2 aliphatic rings. The fourth-order valence-electron chi connectivity index (χ4n) is 4.95. The Morgan fingerprint density at radius 2 is 1.78 bits per heavy atom. The SMILES string of the molecule is COc1ccc([C@@H]2CC(=O)C3=C(C2)NC(C)=C(C(=O)OC(C)C)[C@H]3c2cc(Br)c(O)c(OC)c2)cc1. The molecule has 2 aromatic carbocycles. The summed E-state index contributed by atoms with van der Waals surface area (Å²) in [7, 11) is 3.08. The molecule has 4 rings (SSSR count). The van der Waals surface area contributed by atoms with E-state index in [1.54, 1.807) is 33.1 Å². The van der Waals surface area contributed by atoms with Crippen LogP contribution in [-0.4, -0.2) is 37.2 Å². The van der Waals surface area contributed by atoms with Gasteiger partial charge in [-0.25, -0.2) is 4.79 Å². The Kier molecular flexibility index (Phi) is 7.45. The van der Waals surface area contributed by atoms with E-state index in [4.69, 9.17) is 14.2 Å². The van der Waals surface area contributed by atoms with Crippen LogP contribution in [0.5, 0.6) is 17.2 Å². The van der Waals surface area contributed by atoms with Crippen LogP contribution in [0.4, 0.5) is 0 Å². The van der Waals surface area contributed by atoms with E-state index in [9.17, 15) is 14.7 Å². The van der Waals surface area contributed by atoms with Crippen LogP contribution >= 0.6 is 15.9 Å². The number of ketones is 1. The molecule has 36 heavy (non-hydrogen) atoms. The standard InChI is InChI=1S/C28H30BrNO6/c1-14(2)36-28(33)24-15(3)30-21-11-17(16-6-8-19(34-4)9-7-16)12-22(31)26(21)25(24)18-10-20(29)27(32)23(13-18)35-5/h6-10,13-14,17,25,30,32H,11-12H2,1-5H3/t17-,25+/m0/s1. The van der Waals surface area contributed by atoms with Crippen LogP contribution in [0.15, 0.2) is 63.4 Å². The molecule has 7 nitrogen and oxygen atoms in total. The maximum absolute atomic E-state index is 13.7. The molecule has 0 bridgehead atoms.